The first-order valence-corrected chi connectivity index (χ1v) is 12.2. The Morgan fingerprint density at radius 2 is 2.17 bits per heavy atom. The van der Waals surface area contributed by atoms with Gasteiger partial charge in [0.25, 0.3) is 0 Å². The number of oxime groups is 1. The molecule has 4 rings (SSSR count). The number of fused-ring (bicyclic) bond motifs is 1. The molecule has 0 bridgehead atoms. The Balaban J connectivity index is 1.35. The minimum atomic E-state index is -0.540. The number of benzene rings is 1. The largest absolute Gasteiger partial charge is 0.399 e. The van der Waals surface area contributed by atoms with Gasteiger partial charge in [0.05, 0.1) is 16.3 Å². The van der Waals surface area contributed by atoms with Gasteiger partial charge in [0.1, 0.15) is 18.2 Å². The minimum absolute atomic E-state index is 0.0750. The molecule has 0 unspecified atom stereocenters. The van der Waals surface area contributed by atoms with Crippen LogP contribution in [0.2, 0.25) is 0 Å². The third-order valence-corrected chi connectivity index (χ3v) is 9.05. The summed E-state index contributed by atoms with van der Waals surface area (Å²) in [5, 5.41) is 15.0. The summed E-state index contributed by atoms with van der Waals surface area (Å²) in [6, 6.07) is 10.2. The Bertz CT molecular complexity index is 845. The number of likely N-dealkylation sites (tertiary alicyclic amines) is 1. The first kappa shape index (κ1) is 21.7. The van der Waals surface area contributed by atoms with Crippen molar-refractivity contribution in [1.29, 1.82) is 0 Å². The standard InChI is InChI=1S/C22H29N3O3S2/c1-4-18(26)19-20(27)25-14(2)22(30-21(19)25)29-16-10-11-24(12-16)13-17(23-28-3)15-8-6-5-7-9-15/h5-9,16,18-19,21,26H,4,10-13H2,1-3H3/b23-17+/t16-,18-,19+,21+/m0/s1. The fraction of sp³-hybridized carbons (Fsp3) is 0.545. The van der Waals surface area contributed by atoms with Crippen LogP contribution in [0.4, 0.5) is 0 Å². The highest BCUT2D eigenvalue weighted by Crippen LogP contribution is 2.55. The van der Waals surface area contributed by atoms with E-state index < -0.39 is 6.10 Å². The number of hydrogen-bond donors (Lipinski definition) is 1. The maximum atomic E-state index is 12.5. The van der Waals surface area contributed by atoms with Crippen molar-refractivity contribution in [3.8, 4) is 0 Å². The van der Waals surface area contributed by atoms with E-state index in [0.717, 1.165) is 43.0 Å². The summed E-state index contributed by atoms with van der Waals surface area (Å²) in [5.41, 5.74) is 3.09. The molecule has 0 aromatic heterocycles. The van der Waals surface area contributed by atoms with Gasteiger partial charge in [-0.1, -0.05) is 54.2 Å². The zero-order valence-corrected chi connectivity index (χ0v) is 19.3. The highest BCUT2D eigenvalue weighted by atomic mass is 32.2. The summed E-state index contributed by atoms with van der Waals surface area (Å²) in [6.45, 7) is 6.73. The maximum absolute atomic E-state index is 12.5. The second-order valence-electron chi connectivity index (χ2n) is 7.94. The number of amides is 1. The van der Waals surface area contributed by atoms with Crippen LogP contribution in [0, 0.1) is 5.92 Å². The molecule has 2 fully saturated rings. The number of β-lactam (4-membered cyclic amide) rings is 1. The summed E-state index contributed by atoms with van der Waals surface area (Å²) in [7, 11) is 1.59. The Labute approximate surface area is 186 Å². The predicted octanol–water partition coefficient (Wildman–Crippen LogP) is 3.34. The van der Waals surface area contributed by atoms with Gasteiger partial charge in [-0.25, -0.2) is 0 Å². The van der Waals surface area contributed by atoms with E-state index in [1.165, 1.54) is 4.24 Å². The fourth-order valence-electron chi connectivity index (χ4n) is 4.30. The van der Waals surface area contributed by atoms with Crippen LogP contribution in [0.3, 0.4) is 0 Å². The number of nitrogens with zero attached hydrogens (tertiary/aromatic N) is 3. The van der Waals surface area contributed by atoms with Crippen LogP contribution in [0.5, 0.6) is 0 Å². The number of thioether (sulfide) groups is 2. The summed E-state index contributed by atoms with van der Waals surface area (Å²) >= 11 is 3.64. The predicted molar refractivity (Wildman–Crippen MR) is 123 cm³/mol. The van der Waals surface area contributed by atoms with Crippen LogP contribution >= 0.6 is 23.5 Å². The lowest BCUT2D eigenvalue weighted by Crippen LogP contribution is -2.60. The van der Waals surface area contributed by atoms with E-state index in [-0.39, 0.29) is 17.2 Å². The van der Waals surface area contributed by atoms with Crippen LogP contribution in [0.25, 0.3) is 0 Å². The molecule has 0 saturated carbocycles. The van der Waals surface area contributed by atoms with Crippen LogP contribution in [-0.2, 0) is 9.63 Å². The molecule has 3 aliphatic heterocycles. The number of rotatable bonds is 8. The van der Waals surface area contributed by atoms with Crippen molar-refractivity contribution in [3.05, 3.63) is 45.8 Å². The zero-order valence-electron chi connectivity index (χ0n) is 17.7. The average Bonchev–Trinajstić information content (AvgIpc) is 3.30. The molecule has 3 aliphatic rings. The van der Waals surface area contributed by atoms with Crippen LogP contribution < -0.4 is 0 Å². The molecule has 1 amide bonds. The van der Waals surface area contributed by atoms with E-state index in [2.05, 4.69) is 22.2 Å². The van der Waals surface area contributed by atoms with Gasteiger partial charge in [-0.15, -0.1) is 11.8 Å². The van der Waals surface area contributed by atoms with Crippen molar-refractivity contribution in [3.63, 3.8) is 0 Å². The molecule has 1 aromatic rings. The van der Waals surface area contributed by atoms with E-state index in [4.69, 9.17) is 4.84 Å². The zero-order chi connectivity index (χ0) is 21.3. The molecule has 3 heterocycles. The van der Waals surface area contributed by atoms with E-state index in [1.807, 2.05) is 48.7 Å². The number of aliphatic hydroxyl groups excluding tert-OH is 1. The molecule has 30 heavy (non-hydrogen) atoms. The molecule has 0 spiro atoms. The van der Waals surface area contributed by atoms with Gasteiger partial charge in [-0.2, -0.15) is 0 Å². The summed E-state index contributed by atoms with van der Waals surface area (Å²) in [5.74, 6) is -0.182. The van der Waals surface area contributed by atoms with Gasteiger partial charge in [0, 0.05) is 29.6 Å². The molecular formula is C22H29N3O3S2. The summed E-state index contributed by atoms with van der Waals surface area (Å²) < 4.78 is 1.24. The first-order chi connectivity index (χ1) is 14.5. The Hall–Kier alpha value is -1.48. The van der Waals surface area contributed by atoms with E-state index >= 15 is 0 Å². The second kappa shape index (κ2) is 9.34. The fourth-order valence-corrected chi connectivity index (χ4v) is 7.60. The average molecular weight is 448 g/mol. The number of aliphatic hydroxyl groups is 1. The summed E-state index contributed by atoms with van der Waals surface area (Å²) in [6.07, 6.45) is 1.19. The number of carbonyl (C=O) groups is 1. The van der Waals surface area contributed by atoms with Crippen LogP contribution in [0.1, 0.15) is 32.3 Å². The number of allylic oxidation sites excluding steroid dienone is 1. The molecule has 4 atom stereocenters. The van der Waals surface area contributed by atoms with Crippen molar-refractivity contribution in [2.75, 3.05) is 26.7 Å². The third-order valence-electron chi connectivity index (χ3n) is 5.99. The Kier molecular flexibility index (Phi) is 6.77. The topological polar surface area (TPSA) is 65.4 Å². The molecule has 1 N–H and O–H groups in total. The van der Waals surface area contributed by atoms with E-state index in [1.54, 1.807) is 18.9 Å². The lowest BCUT2D eigenvalue weighted by Gasteiger charge is -2.44. The normalized spacial score (nSPS) is 28.0. The van der Waals surface area contributed by atoms with Gasteiger partial charge in [0.2, 0.25) is 5.91 Å². The Morgan fingerprint density at radius 3 is 2.87 bits per heavy atom. The van der Waals surface area contributed by atoms with E-state index in [9.17, 15) is 9.90 Å². The monoisotopic (exact) mass is 447 g/mol. The smallest absolute Gasteiger partial charge is 0.236 e. The van der Waals surface area contributed by atoms with Crippen molar-refractivity contribution in [2.24, 2.45) is 11.1 Å². The second-order valence-corrected chi connectivity index (χ2v) is 10.6. The van der Waals surface area contributed by atoms with Gasteiger partial charge >= 0.3 is 0 Å². The molecular weight excluding hydrogens is 418 g/mol. The third kappa shape index (κ3) is 4.15. The van der Waals surface area contributed by atoms with Gasteiger partial charge < -0.3 is 14.8 Å². The van der Waals surface area contributed by atoms with Crippen molar-refractivity contribution in [1.82, 2.24) is 9.80 Å². The molecule has 1 aromatic carbocycles. The van der Waals surface area contributed by atoms with Gasteiger partial charge in [-0.3, -0.25) is 9.69 Å². The maximum Gasteiger partial charge on any atom is 0.236 e. The Morgan fingerprint density at radius 1 is 1.40 bits per heavy atom. The number of carbonyl (C=O) groups excluding carboxylic acids is 1. The lowest BCUT2D eigenvalue weighted by atomic mass is 9.90. The van der Waals surface area contributed by atoms with Gasteiger partial charge in [0.15, 0.2) is 0 Å². The highest BCUT2D eigenvalue weighted by Gasteiger charge is 2.55. The molecule has 2 saturated heterocycles. The SMILES string of the molecule is CC[C@H](O)[C@@H]1C(=O)N2C(C)=C(S[C@H]3CCN(C/C(=N\OC)c4ccccc4)C3)S[C@H]12. The quantitative estimate of drug-likeness (QED) is 0.375. The highest BCUT2D eigenvalue weighted by molar-refractivity contribution is 8.23. The van der Waals surface area contributed by atoms with Crippen LogP contribution in [0.15, 0.2) is 45.4 Å². The molecule has 0 radical (unpaired) electrons. The molecule has 6 nitrogen and oxygen atoms in total. The number of hydrogen-bond acceptors (Lipinski definition) is 7. The van der Waals surface area contributed by atoms with Gasteiger partial charge in [-0.05, 0) is 26.3 Å². The lowest BCUT2D eigenvalue weighted by molar-refractivity contribution is -0.153. The van der Waals surface area contributed by atoms with Crippen molar-refractivity contribution in [2.45, 2.75) is 43.4 Å². The van der Waals surface area contributed by atoms with Crippen molar-refractivity contribution >= 4 is 35.1 Å². The molecule has 8 heteroatoms. The molecule has 162 valence electrons. The minimum Gasteiger partial charge on any atom is -0.399 e. The summed E-state index contributed by atoms with van der Waals surface area (Å²) in [4.78, 5) is 21.9. The van der Waals surface area contributed by atoms with E-state index in [0.29, 0.717) is 11.7 Å². The van der Waals surface area contributed by atoms with Crippen LogP contribution in [-0.4, -0.2) is 70.0 Å². The molecule has 0 aliphatic carbocycles. The van der Waals surface area contributed by atoms with Crippen molar-refractivity contribution < 1.29 is 14.7 Å². The first-order valence-electron chi connectivity index (χ1n) is 10.5.